The second-order valence-electron chi connectivity index (χ2n) is 4.80. The van der Waals surface area contributed by atoms with Crippen LogP contribution in [0.25, 0.3) is 11.0 Å². The maximum Gasteiger partial charge on any atom is 0.252 e. The van der Waals surface area contributed by atoms with Gasteiger partial charge in [-0.3, -0.25) is 14.5 Å². The maximum atomic E-state index is 13.8. The number of imide groups is 1. The molecule has 1 saturated heterocycles. The summed E-state index contributed by atoms with van der Waals surface area (Å²) in [5.74, 6) is -0.574. The number of likely N-dealkylation sites (tertiary alicyclic amines) is 1. The molecular formula is C13H10BrClFN3O2. The number of carbonyl (C=O) groups is 2. The summed E-state index contributed by atoms with van der Waals surface area (Å²) in [5.41, 5.74) is 0.974. The highest BCUT2D eigenvalue weighted by Crippen LogP contribution is 2.32. The monoisotopic (exact) mass is 373 g/mol. The normalized spacial score (nSPS) is 19.0. The van der Waals surface area contributed by atoms with Crippen molar-refractivity contribution < 1.29 is 14.0 Å². The molecule has 0 aliphatic carbocycles. The van der Waals surface area contributed by atoms with Gasteiger partial charge in [-0.05, 0) is 22.0 Å². The van der Waals surface area contributed by atoms with E-state index in [0.29, 0.717) is 16.9 Å². The van der Waals surface area contributed by atoms with Crippen LogP contribution >= 0.6 is 27.5 Å². The zero-order valence-electron chi connectivity index (χ0n) is 10.9. The minimum atomic E-state index is -0.721. The zero-order chi connectivity index (χ0) is 15.3. The van der Waals surface area contributed by atoms with E-state index in [1.54, 1.807) is 4.57 Å². The second kappa shape index (κ2) is 5.06. The van der Waals surface area contributed by atoms with E-state index < -0.39 is 11.9 Å². The molecule has 1 aliphatic rings. The fraction of sp³-hybridized carbons (Fsp3) is 0.308. The first kappa shape index (κ1) is 14.5. The van der Waals surface area contributed by atoms with Crippen molar-refractivity contribution in [3.8, 4) is 0 Å². The Morgan fingerprint density at radius 3 is 2.76 bits per heavy atom. The third-order valence-electron chi connectivity index (χ3n) is 3.59. The summed E-state index contributed by atoms with van der Waals surface area (Å²) in [4.78, 5) is 29.3. The number of alkyl halides is 1. The largest absolute Gasteiger partial charge is 0.314 e. The predicted octanol–water partition coefficient (Wildman–Crippen LogP) is 2.61. The number of hydrogen-bond donors (Lipinski definition) is 0. The van der Waals surface area contributed by atoms with Gasteiger partial charge in [-0.1, -0.05) is 0 Å². The molecule has 3 rings (SSSR count). The first-order valence-electron chi connectivity index (χ1n) is 6.16. The average Bonchev–Trinajstić information content (AvgIpc) is 2.91. The van der Waals surface area contributed by atoms with E-state index in [2.05, 4.69) is 20.9 Å². The standard InChI is InChI=1S/C13H10BrClFN3O2/c1-18-12(20)4-10(13(18)21)19-9-3-7(16)6(14)2-8(9)17-11(19)5-15/h2-3,10H,4-5H2,1H3. The molecule has 8 heteroatoms. The number of carbonyl (C=O) groups excluding carboxylic acids is 2. The topological polar surface area (TPSA) is 55.2 Å². The van der Waals surface area contributed by atoms with Crippen LogP contribution in [0.4, 0.5) is 4.39 Å². The summed E-state index contributed by atoms with van der Waals surface area (Å²) in [6.07, 6.45) is 0.0301. The quantitative estimate of drug-likeness (QED) is 0.600. The average molecular weight is 375 g/mol. The number of amides is 2. The lowest BCUT2D eigenvalue weighted by atomic mass is 10.2. The van der Waals surface area contributed by atoms with Gasteiger partial charge in [0, 0.05) is 13.1 Å². The van der Waals surface area contributed by atoms with Crippen molar-refractivity contribution in [2.75, 3.05) is 7.05 Å². The van der Waals surface area contributed by atoms with Gasteiger partial charge in [-0.15, -0.1) is 11.6 Å². The van der Waals surface area contributed by atoms with Crippen LogP contribution in [-0.4, -0.2) is 33.3 Å². The van der Waals surface area contributed by atoms with Gasteiger partial charge in [0.15, 0.2) is 0 Å². The van der Waals surface area contributed by atoms with Crippen LogP contribution in [0.2, 0.25) is 0 Å². The summed E-state index contributed by atoms with van der Waals surface area (Å²) < 4.78 is 15.6. The van der Waals surface area contributed by atoms with Gasteiger partial charge < -0.3 is 4.57 Å². The highest BCUT2D eigenvalue weighted by molar-refractivity contribution is 9.10. The lowest BCUT2D eigenvalue weighted by Gasteiger charge is -2.14. The molecule has 110 valence electrons. The first-order chi connectivity index (χ1) is 9.93. The second-order valence-corrected chi connectivity index (χ2v) is 5.92. The van der Waals surface area contributed by atoms with Crippen molar-refractivity contribution in [1.29, 1.82) is 0 Å². The maximum absolute atomic E-state index is 13.8. The first-order valence-corrected chi connectivity index (χ1v) is 7.49. The molecule has 2 aromatic rings. The molecule has 1 aromatic carbocycles. The molecule has 0 radical (unpaired) electrons. The molecule has 0 saturated carbocycles. The van der Waals surface area contributed by atoms with E-state index in [0.717, 1.165) is 4.90 Å². The van der Waals surface area contributed by atoms with E-state index in [1.165, 1.54) is 19.2 Å². The van der Waals surface area contributed by atoms with E-state index in [9.17, 15) is 14.0 Å². The number of hydrogen-bond acceptors (Lipinski definition) is 3. The Morgan fingerprint density at radius 1 is 1.48 bits per heavy atom. The van der Waals surface area contributed by atoms with Gasteiger partial charge in [0.1, 0.15) is 17.7 Å². The summed E-state index contributed by atoms with van der Waals surface area (Å²) >= 11 is 8.98. The summed E-state index contributed by atoms with van der Waals surface area (Å²) in [6.45, 7) is 0. The zero-order valence-corrected chi connectivity index (χ0v) is 13.3. The number of nitrogens with zero attached hydrogens (tertiary/aromatic N) is 3. The van der Waals surface area contributed by atoms with Crippen molar-refractivity contribution in [2.24, 2.45) is 0 Å². The molecule has 5 nitrogen and oxygen atoms in total. The van der Waals surface area contributed by atoms with Gasteiger partial charge in [-0.25, -0.2) is 9.37 Å². The number of fused-ring (bicyclic) bond motifs is 1. The smallest absolute Gasteiger partial charge is 0.252 e. The Kier molecular flexibility index (Phi) is 3.49. The van der Waals surface area contributed by atoms with Crippen molar-refractivity contribution in [1.82, 2.24) is 14.5 Å². The van der Waals surface area contributed by atoms with Crippen LogP contribution in [0.5, 0.6) is 0 Å². The highest BCUT2D eigenvalue weighted by atomic mass is 79.9. The van der Waals surface area contributed by atoms with E-state index in [4.69, 9.17) is 11.6 Å². The Hall–Kier alpha value is -1.47. The van der Waals surface area contributed by atoms with Crippen molar-refractivity contribution in [2.45, 2.75) is 18.3 Å². The van der Waals surface area contributed by atoms with Gasteiger partial charge >= 0.3 is 0 Å². The summed E-state index contributed by atoms with van der Waals surface area (Å²) in [7, 11) is 1.43. The SMILES string of the molecule is CN1C(=O)CC(n2c(CCl)nc3cc(Br)c(F)cc32)C1=O. The number of imidazole rings is 1. The predicted molar refractivity (Wildman–Crippen MR) is 78.4 cm³/mol. The Morgan fingerprint density at radius 2 is 2.19 bits per heavy atom. The van der Waals surface area contributed by atoms with E-state index >= 15 is 0 Å². The van der Waals surface area contributed by atoms with Crippen LogP contribution in [0.15, 0.2) is 16.6 Å². The molecule has 1 fully saturated rings. The Labute approximate surface area is 132 Å². The van der Waals surface area contributed by atoms with E-state index in [1.807, 2.05) is 0 Å². The molecule has 1 unspecified atom stereocenters. The molecule has 1 atom stereocenters. The Balaban J connectivity index is 2.24. The van der Waals surface area contributed by atoms with Crippen LogP contribution in [-0.2, 0) is 15.5 Å². The number of benzene rings is 1. The number of halogens is 3. The van der Waals surface area contributed by atoms with Gasteiger partial charge in [0.25, 0.3) is 5.91 Å². The Bertz CT molecular complexity index is 776. The number of rotatable bonds is 2. The van der Waals surface area contributed by atoms with Gasteiger partial charge in [0.05, 0.1) is 27.8 Å². The molecule has 21 heavy (non-hydrogen) atoms. The summed E-state index contributed by atoms with van der Waals surface area (Å²) in [6, 6.07) is 2.10. The van der Waals surface area contributed by atoms with Gasteiger partial charge in [0.2, 0.25) is 5.91 Å². The third-order valence-corrected chi connectivity index (χ3v) is 4.44. The molecule has 0 spiro atoms. The minimum Gasteiger partial charge on any atom is -0.314 e. The van der Waals surface area contributed by atoms with Crippen molar-refractivity contribution >= 4 is 50.4 Å². The van der Waals surface area contributed by atoms with Crippen LogP contribution in [0.1, 0.15) is 18.3 Å². The van der Waals surface area contributed by atoms with Gasteiger partial charge in [-0.2, -0.15) is 0 Å². The highest BCUT2D eigenvalue weighted by Gasteiger charge is 2.39. The number of aromatic nitrogens is 2. The van der Waals surface area contributed by atoms with Crippen LogP contribution in [0.3, 0.4) is 0 Å². The lowest BCUT2D eigenvalue weighted by molar-refractivity contribution is -0.137. The lowest BCUT2D eigenvalue weighted by Crippen LogP contribution is -2.27. The van der Waals surface area contributed by atoms with Crippen LogP contribution in [0, 0.1) is 5.82 Å². The fourth-order valence-electron chi connectivity index (χ4n) is 2.52. The third kappa shape index (κ3) is 2.15. The van der Waals surface area contributed by atoms with Crippen LogP contribution < -0.4 is 0 Å². The summed E-state index contributed by atoms with van der Waals surface area (Å²) in [5, 5.41) is 0. The molecule has 1 aliphatic heterocycles. The van der Waals surface area contributed by atoms with Crippen molar-refractivity contribution in [3.63, 3.8) is 0 Å². The molecule has 2 heterocycles. The molecule has 0 bridgehead atoms. The number of likely N-dealkylation sites (N-methyl/N-ethyl adjacent to an activating group) is 1. The molecule has 2 amide bonds. The van der Waals surface area contributed by atoms with Crippen molar-refractivity contribution in [3.05, 3.63) is 28.2 Å². The minimum absolute atomic E-state index is 0.0301. The van der Waals surface area contributed by atoms with E-state index in [-0.39, 0.29) is 28.6 Å². The molecule has 1 aromatic heterocycles. The molecular weight excluding hydrogens is 365 g/mol. The molecule has 0 N–H and O–H groups in total. The fourth-order valence-corrected chi connectivity index (χ4v) is 3.04.